The maximum absolute atomic E-state index is 14.9. The van der Waals surface area contributed by atoms with Crippen molar-refractivity contribution < 1.29 is 18.7 Å². The summed E-state index contributed by atoms with van der Waals surface area (Å²) in [6.07, 6.45) is 4.97. The van der Waals surface area contributed by atoms with Crippen LogP contribution in [0.2, 0.25) is 0 Å². The number of carbonyl (C=O) groups excluding carboxylic acids is 2. The Labute approximate surface area is 244 Å². The highest BCUT2D eigenvalue weighted by Gasteiger charge is 2.37. The first kappa shape index (κ1) is 27.8. The maximum Gasteiger partial charge on any atom is 0.251 e. The van der Waals surface area contributed by atoms with Gasteiger partial charge in [-0.15, -0.1) is 0 Å². The van der Waals surface area contributed by atoms with Crippen molar-refractivity contribution in [3.05, 3.63) is 77.4 Å². The molecular formula is C32H35FN6O3. The predicted molar refractivity (Wildman–Crippen MR) is 158 cm³/mol. The van der Waals surface area contributed by atoms with Crippen LogP contribution < -0.4 is 10.1 Å². The van der Waals surface area contributed by atoms with Crippen molar-refractivity contribution in [3.63, 3.8) is 0 Å². The summed E-state index contributed by atoms with van der Waals surface area (Å²) in [6.45, 7) is 4.06. The number of H-pyrrole nitrogens is 1. The second kappa shape index (κ2) is 11.9. The van der Waals surface area contributed by atoms with Crippen LogP contribution in [0.3, 0.4) is 0 Å². The number of pyridine rings is 1. The molecule has 42 heavy (non-hydrogen) atoms. The van der Waals surface area contributed by atoms with Crippen molar-refractivity contribution >= 4 is 22.7 Å². The summed E-state index contributed by atoms with van der Waals surface area (Å²) in [7, 11) is 1.52. The molecule has 10 heteroatoms. The van der Waals surface area contributed by atoms with Gasteiger partial charge in [0.1, 0.15) is 17.3 Å². The smallest absolute Gasteiger partial charge is 0.251 e. The predicted octanol–water partition coefficient (Wildman–Crippen LogP) is 4.47. The fourth-order valence-electron chi connectivity index (χ4n) is 6.19. The molecule has 0 radical (unpaired) electrons. The summed E-state index contributed by atoms with van der Waals surface area (Å²) in [5.74, 6) is -0.0480. The summed E-state index contributed by atoms with van der Waals surface area (Å²) in [5, 5.41) is 11.6. The molecule has 0 bridgehead atoms. The van der Waals surface area contributed by atoms with Gasteiger partial charge in [0.2, 0.25) is 5.91 Å². The number of carbonyl (C=O) groups is 2. The third kappa shape index (κ3) is 5.59. The normalized spacial score (nSPS) is 19.3. The standard InChI is InChI=1S/C32H35FN6O3/c1-20-16-21(12-13-34-20)30-24-17-22(8-10-27(24)36-37-30)31(40)35-23-9-11-28(32(41)38-14-3-4-15-38)39(18-23)19-25-26(33)6-5-7-29(25)42-2/h5-8,10,12-13,16-17,23,28H,3-4,9,11,14-15,18-19H2,1-2H3,(H,35,40)(H,36,37)/t23-,28+/m1/s1. The second-order valence-corrected chi connectivity index (χ2v) is 11.2. The number of likely N-dealkylation sites (tertiary alicyclic amines) is 2. The summed E-state index contributed by atoms with van der Waals surface area (Å²) >= 11 is 0. The first-order valence-corrected chi connectivity index (χ1v) is 14.5. The van der Waals surface area contributed by atoms with Gasteiger partial charge < -0.3 is 15.0 Å². The Morgan fingerprint density at radius 1 is 1.12 bits per heavy atom. The molecule has 0 aliphatic carbocycles. The number of amides is 2. The zero-order valence-corrected chi connectivity index (χ0v) is 23.9. The molecule has 2 aliphatic heterocycles. The van der Waals surface area contributed by atoms with E-state index in [9.17, 15) is 14.0 Å². The van der Waals surface area contributed by atoms with Crippen molar-refractivity contribution in [2.75, 3.05) is 26.7 Å². The van der Waals surface area contributed by atoms with Gasteiger partial charge in [-0.3, -0.25) is 24.6 Å². The Kier molecular flexibility index (Phi) is 7.88. The van der Waals surface area contributed by atoms with Gasteiger partial charge in [0.25, 0.3) is 5.91 Å². The lowest BCUT2D eigenvalue weighted by molar-refractivity contribution is -0.137. The van der Waals surface area contributed by atoms with Crippen LogP contribution in [0.1, 0.15) is 47.3 Å². The number of nitrogens with zero attached hydrogens (tertiary/aromatic N) is 4. The lowest BCUT2D eigenvalue weighted by Crippen LogP contribution is -2.56. The molecule has 0 saturated carbocycles. The van der Waals surface area contributed by atoms with Gasteiger partial charge in [-0.2, -0.15) is 5.10 Å². The molecule has 0 unspecified atom stereocenters. The number of rotatable bonds is 7. The van der Waals surface area contributed by atoms with E-state index >= 15 is 0 Å². The van der Waals surface area contributed by atoms with Crippen molar-refractivity contribution in [1.29, 1.82) is 0 Å². The first-order valence-electron chi connectivity index (χ1n) is 14.5. The molecule has 2 atom stereocenters. The molecule has 4 heterocycles. The number of ether oxygens (including phenoxy) is 1. The molecule has 2 saturated heterocycles. The minimum Gasteiger partial charge on any atom is -0.496 e. The molecule has 2 amide bonds. The van der Waals surface area contributed by atoms with E-state index < -0.39 is 0 Å². The van der Waals surface area contributed by atoms with Crippen molar-refractivity contribution in [1.82, 2.24) is 30.3 Å². The number of hydrogen-bond donors (Lipinski definition) is 2. The lowest BCUT2D eigenvalue weighted by atomic mass is 9.95. The summed E-state index contributed by atoms with van der Waals surface area (Å²) in [6, 6.07) is 13.5. The summed E-state index contributed by atoms with van der Waals surface area (Å²) < 4.78 is 20.4. The Bertz CT molecular complexity index is 1620. The van der Waals surface area contributed by atoms with E-state index in [0.717, 1.165) is 53.8 Å². The number of hydrogen-bond acceptors (Lipinski definition) is 6. The van der Waals surface area contributed by atoms with Gasteiger partial charge in [0.15, 0.2) is 0 Å². The molecular weight excluding hydrogens is 535 g/mol. The third-order valence-corrected chi connectivity index (χ3v) is 8.37. The van der Waals surface area contributed by atoms with E-state index in [1.807, 2.05) is 41.0 Å². The second-order valence-electron chi connectivity index (χ2n) is 11.2. The number of aryl methyl sites for hydroxylation is 1. The number of benzene rings is 2. The largest absolute Gasteiger partial charge is 0.496 e. The quantitative estimate of drug-likeness (QED) is 0.340. The molecule has 218 valence electrons. The third-order valence-electron chi connectivity index (χ3n) is 8.37. The SMILES string of the molecule is COc1cccc(F)c1CN1C[C@H](NC(=O)c2ccc3[nH]nc(-c4ccnc(C)c4)c3c2)CC[C@H]1C(=O)N1CCCC1. The Morgan fingerprint density at radius 3 is 2.74 bits per heavy atom. The summed E-state index contributed by atoms with van der Waals surface area (Å²) in [5.41, 5.74) is 4.34. The van der Waals surface area contributed by atoms with Gasteiger partial charge in [-0.25, -0.2) is 4.39 Å². The number of aromatic amines is 1. The average molecular weight is 571 g/mol. The van der Waals surface area contributed by atoms with Crippen LogP contribution in [-0.4, -0.2) is 75.6 Å². The van der Waals surface area contributed by atoms with E-state index in [0.29, 0.717) is 36.3 Å². The first-order chi connectivity index (χ1) is 20.4. The molecule has 2 N–H and O–H groups in total. The van der Waals surface area contributed by atoms with Gasteiger partial charge >= 0.3 is 0 Å². The monoisotopic (exact) mass is 570 g/mol. The van der Waals surface area contributed by atoms with Crippen LogP contribution in [0.15, 0.2) is 54.7 Å². The maximum atomic E-state index is 14.9. The number of methoxy groups -OCH3 is 1. The molecule has 6 rings (SSSR count). The van der Waals surface area contributed by atoms with Crippen LogP contribution in [0.4, 0.5) is 4.39 Å². The van der Waals surface area contributed by atoms with Crippen LogP contribution >= 0.6 is 0 Å². The van der Waals surface area contributed by atoms with Crippen molar-refractivity contribution in [2.45, 2.75) is 51.2 Å². The summed E-state index contributed by atoms with van der Waals surface area (Å²) in [4.78, 5) is 35.2. The molecule has 2 aliphatic rings. The minimum atomic E-state index is -0.380. The highest BCUT2D eigenvalue weighted by atomic mass is 19.1. The van der Waals surface area contributed by atoms with Gasteiger partial charge in [0.05, 0.1) is 18.7 Å². The zero-order chi connectivity index (χ0) is 29.2. The van der Waals surface area contributed by atoms with Crippen molar-refractivity contribution in [2.24, 2.45) is 0 Å². The zero-order valence-electron chi connectivity index (χ0n) is 23.9. The number of fused-ring (bicyclic) bond motifs is 1. The van der Waals surface area contributed by atoms with Gasteiger partial charge in [0, 0.05) is 66.2 Å². The number of piperidine rings is 1. The Balaban J connectivity index is 1.23. The molecule has 4 aromatic rings. The number of halogens is 1. The van der Waals surface area contributed by atoms with Crippen LogP contribution in [0.25, 0.3) is 22.2 Å². The Hall–Kier alpha value is -4.31. The van der Waals surface area contributed by atoms with E-state index in [2.05, 4.69) is 20.5 Å². The van der Waals surface area contributed by atoms with E-state index in [1.54, 1.807) is 24.4 Å². The van der Waals surface area contributed by atoms with Crippen LogP contribution in [-0.2, 0) is 11.3 Å². The molecule has 9 nitrogen and oxygen atoms in total. The topological polar surface area (TPSA) is 103 Å². The molecule has 2 aromatic heterocycles. The van der Waals surface area contributed by atoms with Gasteiger partial charge in [-0.1, -0.05) is 6.07 Å². The number of aromatic nitrogens is 3. The molecule has 2 aromatic carbocycles. The van der Waals surface area contributed by atoms with E-state index in [-0.39, 0.29) is 36.3 Å². The molecule has 2 fully saturated rings. The van der Waals surface area contributed by atoms with Crippen LogP contribution in [0, 0.1) is 12.7 Å². The fourth-order valence-corrected chi connectivity index (χ4v) is 6.19. The minimum absolute atomic E-state index is 0.0804. The highest BCUT2D eigenvalue weighted by molar-refractivity contribution is 6.01. The fraction of sp³-hybridized carbons (Fsp3) is 0.375. The van der Waals surface area contributed by atoms with Crippen molar-refractivity contribution in [3.8, 4) is 17.0 Å². The Morgan fingerprint density at radius 2 is 1.95 bits per heavy atom. The number of nitrogens with one attached hydrogen (secondary N) is 2. The lowest BCUT2D eigenvalue weighted by Gasteiger charge is -2.40. The van der Waals surface area contributed by atoms with Crippen LogP contribution in [0.5, 0.6) is 5.75 Å². The highest BCUT2D eigenvalue weighted by Crippen LogP contribution is 2.30. The molecule has 0 spiro atoms. The average Bonchev–Trinajstić information content (AvgIpc) is 3.68. The van der Waals surface area contributed by atoms with E-state index in [4.69, 9.17) is 4.74 Å². The van der Waals surface area contributed by atoms with E-state index in [1.165, 1.54) is 13.2 Å². The van der Waals surface area contributed by atoms with Gasteiger partial charge in [-0.05, 0) is 75.1 Å².